The van der Waals surface area contributed by atoms with Crippen LogP contribution in [0.5, 0.6) is 0 Å². The van der Waals surface area contributed by atoms with Crippen LogP contribution in [0, 0.1) is 0 Å². The number of hydrogen-bond donors (Lipinski definition) is 1. The van der Waals surface area contributed by atoms with Crippen molar-refractivity contribution >= 4 is 23.2 Å². The molecule has 5 heteroatoms. The van der Waals surface area contributed by atoms with Crippen LogP contribution in [0.2, 0.25) is 10.0 Å². The first-order chi connectivity index (χ1) is 9.54. The predicted molar refractivity (Wildman–Crippen MR) is 86.5 cm³/mol. The van der Waals surface area contributed by atoms with E-state index in [9.17, 15) is 0 Å². The van der Waals surface area contributed by atoms with Crippen LogP contribution < -0.4 is 5.73 Å². The van der Waals surface area contributed by atoms with Crippen LogP contribution >= 0.6 is 23.2 Å². The van der Waals surface area contributed by atoms with E-state index in [1.54, 1.807) is 0 Å². The standard InChI is InChI=1S/C15H23Cl2N3/c1-19-8-4-5-11(10-19)20(2)14(9-18)15-12(16)6-3-7-13(15)17/h3,6-7,11,14H,4-5,8-10,18H2,1-2H3. The molecule has 1 aromatic rings. The summed E-state index contributed by atoms with van der Waals surface area (Å²) in [5.41, 5.74) is 6.97. The van der Waals surface area contributed by atoms with Crippen LogP contribution in [-0.2, 0) is 0 Å². The summed E-state index contributed by atoms with van der Waals surface area (Å²) in [5, 5.41) is 1.40. The van der Waals surface area contributed by atoms with Gasteiger partial charge >= 0.3 is 0 Å². The second-order valence-electron chi connectivity index (χ2n) is 5.61. The molecular weight excluding hydrogens is 293 g/mol. The van der Waals surface area contributed by atoms with Gasteiger partial charge in [0.25, 0.3) is 0 Å². The fraction of sp³-hybridized carbons (Fsp3) is 0.600. The maximum Gasteiger partial charge on any atom is 0.0500 e. The molecule has 20 heavy (non-hydrogen) atoms. The number of nitrogens with two attached hydrogens (primary N) is 1. The molecule has 3 nitrogen and oxygen atoms in total. The average Bonchev–Trinajstić information content (AvgIpc) is 2.42. The summed E-state index contributed by atoms with van der Waals surface area (Å²) >= 11 is 12.7. The molecule has 0 aromatic heterocycles. The van der Waals surface area contributed by atoms with Gasteiger partial charge in [-0.15, -0.1) is 0 Å². The molecule has 0 radical (unpaired) electrons. The van der Waals surface area contributed by atoms with Crippen molar-refractivity contribution in [2.75, 3.05) is 33.7 Å². The predicted octanol–water partition coefficient (Wildman–Crippen LogP) is 3.02. The van der Waals surface area contributed by atoms with E-state index in [1.807, 2.05) is 18.2 Å². The Balaban J connectivity index is 2.23. The lowest BCUT2D eigenvalue weighted by molar-refractivity contribution is 0.101. The molecule has 2 unspecified atom stereocenters. The highest BCUT2D eigenvalue weighted by molar-refractivity contribution is 6.36. The summed E-state index contributed by atoms with van der Waals surface area (Å²) in [7, 11) is 4.29. The summed E-state index contributed by atoms with van der Waals surface area (Å²) in [6, 6.07) is 6.19. The lowest BCUT2D eigenvalue weighted by Gasteiger charge is -2.40. The highest BCUT2D eigenvalue weighted by Gasteiger charge is 2.28. The third-order valence-corrected chi connectivity index (χ3v) is 4.88. The molecule has 2 N–H and O–H groups in total. The number of likely N-dealkylation sites (N-methyl/N-ethyl adjacent to an activating group) is 2. The van der Waals surface area contributed by atoms with Gasteiger partial charge in [0, 0.05) is 40.8 Å². The van der Waals surface area contributed by atoms with Crippen LogP contribution in [0.25, 0.3) is 0 Å². The number of benzene rings is 1. The molecule has 0 amide bonds. The lowest BCUT2D eigenvalue weighted by Crippen LogP contribution is -2.47. The molecule has 0 bridgehead atoms. The van der Waals surface area contributed by atoms with E-state index in [0.29, 0.717) is 22.6 Å². The fourth-order valence-corrected chi connectivity index (χ4v) is 3.69. The van der Waals surface area contributed by atoms with Gasteiger partial charge in [0.1, 0.15) is 0 Å². The van der Waals surface area contributed by atoms with Crippen molar-refractivity contribution in [3.05, 3.63) is 33.8 Å². The maximum absolute atomic E-state index is 6.34. The summed E-state index contributed by atoms with van der Waals surface area (Å²) in [6.07, 6.45) is 2.42. The molecule has 112 valence electrons. The van der Waals surface area contributed by atoms with Gasteiger partial charge < -0.3 is 10.6 Å². The average molecular weight is 316 g/mol. The van der Waals surface area contributed by atoms with E-state index in [2.05, 4.69) is 23.9 Å². The fourth-order valence-electron chi connectivity index (χ4n) is 3.04. The molecule has 1 heterocycles. The zero-order valence-corrected chi connectivity index (χ0v) is 13.7. The summed E-state index contributed by atoms with van der Waals surface area (Å²) < 4.78 is 0. The van der Waals surface area contributed by atoms with Gasteiger partial charge in [0.15, 0.2) is 0 Å². The molecule has 1 aromatic carbocycles. The molecule has 2 rings (SSSR count). The number of hydrogen-bond acceptors (Lipinski definition) is 3. The molecule has 1 aliphatic heterocycles. The van der Waals surface area contributed by atoms with E-state index in [1.165, 1.54) is 19.4 Å². The quantitative estimate of drug-likeness (QED) is 0.927. The Morgan fingerprint density at radius 3 is 2.60 bits per heavy atom. The first-order valence-corrected chi connectivity index (χ1v) is 7.84. The lowest BCUT2D eigenvalue weighted by atomic mass is 9.99. The Hall–Kier alpha value is -0.320. The number of halogens is 2. The van der Waals surface area contributed by atoms with Gasteiger partial charge in [-0.25, -0.2) is 0 Å². The van der Waals surface area contributed by atoms with Crippen molar-refractivity contribution < 1.29 is 0 Å². The van der Waals surface area contributed by atoms with Crippen molar-refractivity contribution in [3.63, 3.8) is 0 Å². The zero-order valence-electron chi connectivity index (χ0n) is 12.1. The van der Waals surface area contributed by atoms with Crippen molar-refractivity contribution in [2.45, 2.75) is 24.9 Å². The van der Waals surface area contributed by atoms with Gasteiger partial charge in [0.05, 0.1) is 0 Å². The number of piperidine rings is 1. The molecule has 0 spiro atoms. The molecule has 2 atom stereocenters. The molecule has 0 aliphatic carbocycles. The first kappa shape index (κ1) is 16.1. The minimum Gasteiger partial charge on any atom is -0.329 e. The van der Waals surface area contributed by atoms with Crippen molar-refractivity contribution in [1.29, 1.82) is 0 Å². The minimum absolute atomic E-state index is 0.0627. The van der Waals surface area contributed by atoms with Gasteiger partial charge in [-0.1, -0.05) is 29.3 Å². The Kier molecular flexibility index (Phi) is 5.70. The Bertz CT molecular complexity index is 432. The highest BCUT2D eigenvalue weighted by Crippen LogP contribution is 2.34. The maximum atomic E-state index is 6.34. The Labute approximate surface area is 131 Å². The number of likely N-dealkylation sites (tertiary alicyclic amines) is 1. The van der Waals surface area contributed by atoms with E-state index in [4.69, 9.17) is 28.9 Å². The van der Waals surface area contributed by atoms with Crippen molar-refractivity contribution in [2.24, 2.45) is 5.73 Å². The third-order valence-electron chi connectivity index (χ3n) is 4.22. The second kappa shape index (κ2) is 7.10. The SMILES string of the molecule is CN1CCCC(N(C)C(CN)c2c(Cl)cccc2Cl)C1. The second-order valence-corrected chi connectivity index (χ2v) is 6.42. The summed E-state index contributed by atoms with van der Waals surface area (Å²) in [5.74, 6) is 0. The monoisotopic (exact) mass is 315 g/mol. The molecular formula is C15H23Cl2N3. The third kappa shape index (κ3) is 3.46. The van der Waals surface area contributed by atoms with Gasteiger partial charge in [-0.2, -0.15) is 0 Å². The van der Waals surface area contributed by atoms with E-state index in [-0.39, 0.29) is 6.04 Å². The molecule has 1 saturated heterocycles. The Morgan fingerprint density at radius 2 is 2.05 bits per heavy atom. The van der Waals surface area contributed by atoms with E-state index >= 15 is 0 Å². The van der Waals surface area contributed by atoms with Crippen LogP contribution in [0.1, 0.15) is 24.4 Å². The largest absolute Gasteiger partial charge is 0.329 e. The van der Waals surface area contributed by atoms with Gasteiger partial charge in [0.2, 0.25) is 0 Å². The number of rotatable bonds is 4. The first-order valence-electron chi connectivity index (χ1n) is 7.09. The zero-order chi connectivity index (χ0) is 14.7. The van der Waals surface area contributed by atoms with Crippen LogP contribution in [-0.4, -0.2) is 49.6 Å². The molecule has 0 saturated carbocycles. The number of nitrogens with zero attached hydrogens (tertiary/aromatic N) is 2. The van der Waals surface area contributed by atoms with Crippen molar-refractivity contribution in [3.8, 4) is 0 Å². The van der Waals surface area contributed by atoms with E-state index < -0.39 is 0 Å². The highest BCUT2D eigenvalue weighted by atomic mass is 35.5. The van der Waals surface area contributed by atoms with E-state index in [0.717, 1.165) is 12.1 Å². The smallest absolute Gasteiger partial charge is 0.0500 e. The van der Waals surface area contributed by atoms with Crippen LogP contribution in [0.3, 0.4) is 0 Å². The minimum atomic E-state index is 0.0627. The molecule has 1 aliphatic rings. The normalized spacial score (nSPS) is 22.2. The van der Waals surface area contributed by atoms with Gasteiger partial charge in [-0.3, -0.25) is 4.90 Å². The summed E-state index contributed by atoms with van der Waals surface area (Å²) in [4.78, 5) is 4.70. The topological polar surface area (TPSA) is 32.5 Å². The van der Waals surface area contributed by atoms with Crippen molar-refractivity contribution in [1.82, 2.24) is 9.80 Å². The molecule has 1 fully saturated rings. The summed E-state index contributed by atoms with van der Waals surface area (Å²) in [6.45, 7) is 2.75. The Morgan fingerprint density at radius 1 is 1.40 bits per heavy atom. The van der Waals surface area contributed by atoms with Gasteiger partial charge in [-0.05, 0) is 45.6 Å². The van der Waals surface area contributed by atoms with Crippen LogP contribution in [0.4, 0.5) is 0 Å². The van der Waals surface area contributed by atoms with Crippen LogP contribution in [0.15, 0.2) is 18.2 Å².